The smallest absolute Gasteiger partial charge is 0.253 e. The molecular formula is C15H21NO2S. The van der Waals surface area contributed by atoms with Crippen molar-refractivity contribution in [2.45, 2.75) is 19.8 Å². The Hall–Kier alpha value is -1.16. The molecule has 0 bridgehead atoms. The molecule has 0 unspecified atom stereocenters. The van der Waals surface area contributed by atoms with Gasteiger partial charge >= 0.3 is 0 Å². The maximum Gasteiger partial charge on any atom is 0.253 e. The van der Waals surface area contributed by atoms with Crippen LogP contribution in [0.15, 0.2) is 24.3 Å². The van der Waals surface area contributed by atoms with Crippen LogP contribution >= 0.6 is 11.8 Å². The van der Waals surface area contributed by atoms with Crippen molar-refractivity contribution in [1.29, 1.82) is 0 Å². The number of hydrogen-bond acceptors (Lipinski definition) is 3. The van der Waals surface area contributed by atoms with Crippen molar-refractivity contribution in [3.05, 3.63) is 29.8 Å². The van der Waals surface area contributed by atoms with Gasteiger partial charge in [-0.15, -0.1) is 0 Å². The van der Waals surface area contributed by atoms with Gasteiger partial charge in [-0.3, -0.25) is 4.79 Å². The summed E-state index contributed by atoms with van der Waals surface area (Å²) >= 11 is 1.91. The average molecular weight is 279 g/mol. The van der Waals surface area contributed by atoms with Crippen LogP contribution in [0, 0.1) is 0 Å². The minimum atomic E-state index is 0.139. The van der Waals surface area contributed by atoms with E-state index in [2.05, 4.69) is 6.92 Å². The maximum absolute atomic E-state index is 12.2. The molecule has 4 heteroatoms. The molecule has 0 radical (unpaired) electrons. The molecule has 104 valence electrons. The Bertz CT molecular complexity index is 399. The largest absolute Gasteiger partial charge is 0.494 e. The summed E-state index contributed by atoms with van der Waals surface area (Å²) in [7, 11) is 0. The lowest BCUT2D eigenvalue weighted by molar-refractivity contribution is 0.0772. The van der Waals surface area contributed by atoms with Gasteiger partial charge in [0.2, 0.25) is 0 Å². The number of rotatable bonds is 5. The number of thioether (sulfide) groups is 1. The SMILES string of the molecule is CCCCOc1ccc(C(=O)N2CCSCC2)cc1. The molecule has 0 atom stereocenters. The average Bonchev–Trinajstić information content (AvgIpc) is 2.48. The lowest BCUT2D eigenvalue weighted by Crippen LogP contribution is -2.37. The first-order valence-electron chi connectivity index (χ1n) is 6.91. The molecular weight excluding hydrogens is 258 g/mol. The van der Waals surface area contributed by atoms with E-state index in [0.29, 0.717) is 0 Å². The second kappa shape index (κ2) is 7.43. The molecule has 1 heterocycles. The Kier molecular flexibility index (Phi) is 5.58. The van der Waals surface area contributed by atoms with Crippen LogP contribution in [0.3, 0.4) is 0 Å². The van der Waals surface area contributed by atoms with Crippen molar-refractivity contribution in [2.24, 2.45) is 0 Å². The number of nitrogens with zero attached hydrogens (tertiary/aromatic N) is 1. The molecule has 1 aromatic rings. The summed E-state index contributed by atoms with van der Waals surface area (Å²) < 4.78 is 5.60. The van der Waals surface area contributed by atoms with E-state index >= 15 is 0 Å². The number of benzene rings is 1. The molecule has 0 spiro atoms. The Labute approximate surface area is 119 Å². The molecule has 1 fully saturated rings. The third-order valence-electron chi connectivity index (χ3n) is 3.17. The topological polar surface area (TPSA) is 29.5 Å². The van der Waals surface area contributed by atoms with E-state index in [4.69, 9.17) is 4.74 Å². The Morgan fingerprint density at radius 1 is 1.26 bits per heavy atom. The number of carbonyl (C=O) groups excluding carboxylic acids is 1. The van der Waals surface area contributed by atoms with Crippen molar-refractivity contribution in [2.75, 3.05) is 31.2 Å². The zero-order valence-corrected chi connectivity index (χ0v) is 12.2. The van der Waals surface area contributed by atoms with Gasteiger partial charge in [0.25, 0.3) is 5.91 Å². The quantitative estimate of drug-likeness (QED) is 0.776. The van der Waals surface area contributed by atoms with Crippen molar-refractivity contribution in [3.8, 4) is 5.75 Å². The van der Waals surface area contributed by atoms with Crippen LogP contribution in [0.5, 0.6) is 5.75 Å². The first kappa shape index (κ1) is 14.3. The highest BCUT2D eigenvalue weighted by atomic mass is 32.2. The highest BCUT2D eigenvalue weighted by Gasteiger charge is 2.18. The summed E-state index contributed by atoms with van der Waals surface area (Å²) in [5, 5.41) is 0. The summed E-state index contributed by atoms with van der Waals surface area (Å²) in [6, 6.07) is 7.51. The summed E-state index contributed by atoms with van der Waals surface area (Å²) in [5.74, 6) is 3.08. The van der Waals surface area contributed by atoms with Crippen molar-refractivity contribution >= 4 is 17.7 Å². The van der Waals surface area contributed by atoms with Crippen LogP contribution in [0.2, 0.25) is 0 Å². The first-order chi connectivity index (χ1) is 9.31. The first-order valence-corrected chi connectivity index (χ1v) is 8.06. The summed E-state index contributed by atoms with van der Waals surface area (Å²) in [4.78, 5) is 14.2. The van der Waals surface area contributed by atoms with Gasteiger partial charge in [-0.2, -0.15) is 11.8 Å². The fraction of sp³-hybridized carbons (Fsp3) is 0.533. The standard InChI is InChI=1S/C15H21NO2S/c1-2-3-10-18-14-6-4-13(5-7-14)15(17)16-8-11-19-12-9-16/h4-7H,2-3,8-12H2,1H3. The number of hydrogen-bond donors (Lipinski definition) is 0. The van der Waals surface area contributed by atoms with Crippen molar-refractivity contribution in [1.82, 2.24) is 4.90 Å². The van der Waals surface area contributed by atoms with Gasteiger partial charge in [0.15, 0.2) is 0 Å². The van der Waals surface area contributed by atoms with E-state index in [0.717, 1.165) is 55.4 Å². The number of amides is 1. The Balaban J connectivity index is 1.91. The summed E-state index contributed by atoms with van der Waals surface area (Å²) in [6.45, 7) is 4.60. The van der Waals surface area contributed by atoms with E-state index in [1.54, 1.807) is 0 Å². The van der Waals surface area contributed by atoms with Gasteiger partial charge in [-0.1, -0.05) is 13.3 Å². The maximum atomic E-state index is 12.2. The van der Waals surface area contributed by atoms with E-state index in [9.17, 15) is 4.79 Å². The highest BCUT2D eigenvalue weighted by molar-refractivity contribution is 7.99. The van der Waals surface area contributed by atoms with Gasteiger partial charge in [0.05, 0.1) is 6.61 Å². The molecule has 1 amide bonds. The fourth-order valence-corrected chi connectivity index (χ4v) is 2.88. The lowest BCUT2D eigenvalue weighted by Gasteiger charge is -2.26. The van der Waals surface area contributed by atoms with Gasteiger partial charge in [-0.25, -0.2) is 0 Å². The van der Waals surface area contributed by atoms with Crippen LogP contribution in [0.25, 0.3) is 0 Å². The summed E-state index contributed by atoms with van der Waals surface area (Å²) in [5.41, 5.74) is 0.759. The number of unbranched alkanes of at least 4 members (excludes halogenated alkanes) is 1. The van der Waals surface area contributed by atoms with E-state index in [1.807, 2.05) is 40.9 Å². The Morgan fingerprint density at radius 2 is 1.95 bits per heavy atom. The van der Waals surface area contributed by atoms with Gasteiger partial charge < -0.3 is 9.64 Å². The molecule has 1 saturated heterocycles. The predicted octanol–water partition coefficient (Wildman–Crippen LogP) is 3.05. The van der Waals surface area contributed by atoms with Crippen molar-refractivity contribution < 1.29 is 9.53 Å². The molecule has 0 saturated carbocycles. The summed E-state index contributed by atoms with van der Waals surface area (Å²) in [6.07, 6.45) is 2.19. The molecule has 3 nitrogen and oxygen atoms in total. The molecule has 0 N–H and O–H groups in total. The van der Waals surface area contributed by atoms with Gasteiger partial charge in [-0.05, 0) is 30.7 Å². The second-order valence-corrected chi connectivity index (χ2v) is 5.86. The van der Waals surface area contributed by atoms with Crippen LogP contribution in [-0.2, 0) is 0 Å². The molecule has 19 heavy (non-hydrogen) atoms. The van der Waals surface area contributed by atoms with Crippen LogP contribution < -0.4 is 4.74 Å². The van der Waals surface area contributed by atoms with Crippen molar-refractivity contribution in [3.63, 3.8) is 0 Å². The third-order valence-corrected chi connectivity index (χ3v) is 4.11. The normalized spacial score (nSPS) is 15.3. The van der Waals surface area contributed by atoms with Crippen LogP contribution in [0.1, 0.15) is 30.1 Å². The van der Waals surface area contributed by atoms with Gasteiger partial charge in [0, 0.05) is 30.2 Å². The lowest BCUT2D eigenvalue weighted by atomic mass is 10.2. The monoisotopic (exact) mass is 279 g/mol. The molecule has 0 aliphatic carbocycles. The second-order valence-electron chi connectivity index (χ2n) is 4.63. The molecule has 0 aromatic heterocycles. The molecule has 2 rings (SSSR count). The molecule has 1 aliphatic heterocycles. The fourth-order valence-electron chi connectivity index (χ4n) is 1.98. The van der Waals surface area contributed by atoms with Gasteiger partial charge in [0.1, 0.15) is 5.75 Å². The van der Waals surface area contributed by atoms with Crippen LogP contribution in [0.4, 0.5) is 0 Å². The van der Waals surface area contributed by atoms with E-state index in [-0.39, 0.29) is 5.91 Å². The number of ether oxygens (including phenoxy) is 1. The predicted molar refractivity (Wildman–Crippen MR) is 80.1 cm³/mol. The minimum absolute atomic E-state index is 0.139. The zero-order chi connectivity index (χ0) is 13.5. The van der Waals surface area contributed by atoms with E-state index < -0.39 is 0 Å². The highest BCUT2D eigenvalue weighted by Crippen LogP contribution is 2.16. The Morgan fingerprint density at radius 3 is 2.58 bits per heavy atom. The minimum Gasteiger partial charge on any atom is -0.494 e. The van der Waals surface area contributed by atoms with Crippen LogP contribution in [-0.4, -0.2) is 42.0 Å². The molecule has 1 aromatic carbocycles. The third kappa shape index (κ3) is 4.16. The number of carbonyl (C=O) groups is 1. The molecule has 1 aliphatic rings. The zero-order valence-electron chi connectivity index (χ0n) is 11.4. The van der Waals surface area contributed by atoms with E-state index in [1.165, 1.54) is 0 Å².